The Kier molecular flexibility index (Phi) is 4.18. The normalized spacial score (nSPS) is 10.8. The van der Waals surface area contributed by atoms with Gasteiger partial charge < -0.3 is 13.9 Å². The molecule has 0 aliphatic carbocycles. The predicted molar refractivity (Wildman–Crippen MR) is 102 cm³/mol. The average Bonchev–Trinajstić information content (AvgIpc) is 3.17. The Balaban J connectivity index is 1.74. The molecule has 0 atom stereocenters. The zero-order valence-corrected chi connectivity index (χ0v) is 15.0. The van der Waals surface area contributed by atoms with Gasteiger partial charge in [0.15, 0.2) is 0 Å². The topological polar surface area (TPSA) is 61.6 Å². The van der Waals surface area contributed by atoms with E-state index in [0.717, 1.165) is 21.7 Å². The van der Waals surface area contributed by atoms with Crippen molar-refractivity contribution in [3.63, 3.8) is 0 Å². The third-order valence-electron chi connectivity index (χ3n) is 4.06. The molecular weight excluding hydrogens is 350 g/mol. The van der Waals surface area contributed by atoms with Crippen LogP contribution in [-0.4, -0.2) is 19.2 Å². The molecule has 6 heteroatoms. The quantitative estimate of drug-likeness (QED) is 0.495. The van der Waals surface area contributed by atoms with E-state index in [1.54, 1.807) is 26.4 Å². The highest BCUT2D eigenvalue weighted by molar-refractivity contribution is 7.13. The number of hydrogen-bond acceptors (Lipinski definition) is 6. The fraction of sp³-hybridized carbons (Fsp3) is 0.100. The highest BCUT2D eigenvalue weighted by Crippen LogP contribution is 2.30. The van der Waals surface area contributed by atoms with Gasteiger partial charge in [0, 0.05) is 22.4 Å². The summed E-state index contributed by atoms with van der Waals surface area (Å²) in [6, 6.07) is 14.8. The molecule has 0 unspecified atom stereocenters. The number of fused-ring (bicyclic) bond motifs is 1. The minimum Gasteiger partial charge on any atom is -0.497 e. The second-order valence-corrected chi connectivity index (χ2v) is 6.48. The molecule has 0 fully saturated rings. The number of benzene rings is 2. The molecule has 0 aliphatic heterocycles. The molecular formula is C20H15NO4S. The molecule has 2 heterocycles. The molecule has 4 aromatic rings. The van der Waals surface area contributed by atoms with Crippen molar-refractivity contribution in [2.75, 3.05) is 14.2 Å². The lowest BCUT2D eigenvalue weighted by atomic mass is 10.1. The van der Waals surface area contributed by atoms with Crippen molar-refractivity contribution in [3.05, 3.63) is 64.3 Å². The van der Waals surface area contributed by atoms with E-state index in [9.17, 15) is 4.79 Å². The van der Waals surface area contributed by atoms with Crippen molar-refractivity contribution >= 4 is 22.3 Å². The van der Waals surface area contributed by atoms with Crippen molar-refractivity contribution in [1.29, 1.82) is 0 Å². The van der Waals surface area contributed by atoms with Crippen LogP contribution in [-0.2, 0) is 0 Å². The fourth-order valence-electron chi connectivity index (χ4n) is 2.66. The maximum absolute atomic E-state index is 12.4. The van der Waals surface area contributed by atoms with Crippen molar-refractivity contribution in [1.82, 2.24) is 4.98 Å². The van der Waals surface area contributed by atoms with E-state index in [2.05, 4.69) is 4.98 Å². The number of methoxy groups -OCH3 is 2. The minimum absolute atomic E-state index is 0.419. The Bertz CT molecular complexity index is 1130. The first kappa shape index (κ1) is 16.4. The van der Waals surface area contributed by atoms with Crippen LogP contribution in [0.2, 0.25) is 0 Å². The summed E-state index contributed by atoms with van der Waals surface area (Å²) < 4.78 is 15.8. The molecule has 26 heavy (non-hydrogen) atoms. The molecule has 2 aromatic carbocycles. The fourth-order valence-corrected chi connectivity index (χ4v) is 3.49. The van der Waals surface area contributed by atoms with Crippen LogP contribution in [0.5, 0.6) is 11.5 Å². The molecule has 0 aliphatic rings. The van der Waals surface area contributed by atoms with E-state index < -0.39 is 5.63 Å². The van der Waals surface area contributed by atoms with E-state index in [4.69, 9.17) is 13.9 Å². The molecule has 2 aromatic heterocycles. The summed E-state index contributed by atoms with van der Waals surface area (Å²) in [5.74, 6) is 1.43. The summed E-state index contributed by atoms with van der Waals surface area (Å²) in [6.45, 7) is 0. The van der Waals surface area contributed by atoms with Crippen LogP contribution in [0, 0.1) is 0 Å². The third kappa shape index (κ3) is 2.95. The van der Waals surface area contributed by atoms with Gasteiger partial charge in [-0.25, -0.2) is 9.78 Å². The molecule has 0 saturated heterocycles. The van der Waals surface area contributed by atoms with Gasteiger partial charge in [-0.3, -0.25) is 0 Å². The van der Waals surface area contributed by atoms with Crippen molar-refractivity contribution in [3.8, 4) is 33.3 Å². The van der Waals surface area contributed by atoms with Crippen molar-refractivity contribution < 1.29 is 13.9 Å². The second-order valence-electron chi connectivity index (χ2n) is 5.62. The molecule has 0 radical (unpaired) electrons. The van der Waals surface area contributed by atoms with Gasteiger partial charge in [0.2, 0.25) is 0 Å². The van der Waals surface area contributed by atoms with E-state index in [1.807, 2.05) is 41.8 Å². The van der Waals surface area contributed by atoms with Crippen LogP contribution >= 0.6 is 11.3 Å². The number of thiazole rings is 1. The van der Waals surface area contributed by atoms with Crippen LogP contribution in [0.15, 0.2) is 63.1 Å². The van der Waals surface area contributed by atoms with Gasteiger partial charge in [-0.05, 0) is 42.5 Å². The van der Waals surface area contributed by atoms with Gasteiger partial charge in [0.25, 0.3) is 0 Å². The molecule has 5 nitrogen and oxygen atoms in total. The van der Waals surface area contributed by atoms with E-state index in [-0.39, 0.29) is 0 Å². The molecule has 0 spiro atoms. The van der Waals surface area contributed by atoms with E-state index in [0.29, 0.717) is 22.6 Å². The summed E-state index contributed by atoms with van der Waals surface area (Å²) in [5, 5.41) is 3.51. The van der Waals surface area contributed by atoms with Gasteiger partial charge in [-0.2, -0.15) is 0 Å². The Labute approximate surface area is 153 Å². The van der Waals surface area contributed by atoms with Crippen LogP contribution in [0.1, 0.15) is 0 Å². The first-order chi connectivity index (χ1) is 12.7. The number of rotatable bonds is 4. The summed E-state index contributed by atoms with van der Waals surface area (Å²) in [4.78, 5) is 17.0. The van der Waals surface area contributed by atoms with Crippen molar-refractivity contribution in [2.45, 2.75) is 0 Å². The SMILES string of the molecule is COc1ccc(-c2nc(-c3cc4ccc(OC)cc4oc3=O)cs2)cc1. The van der Waals surface area contributed by atoms with Gasteiger partial charge >= 0.3 is 5.63 Å². The number of ether oxygens (including phenoxy) is 2. The monoisotopic (exact) mass is 365 g/mol. The zero-order valence-electron chi connectivity index (χ0n) is 14.2. The van der Waals surface area contributed by atoms with Crippen LogP contribution in [0.25, 0.3) is 32.8 Å². The number of nitrogens with zero attached hydrogens (tertiary/aromatic N) is 1. The number of hydrogen-bond donors (Lipinski definition) is 0. The largest absolute Gasteiger partial charge is 0.497 e. The summed E-state index contributed by atoms with van der Waals surface area (Å²) in [6.07, 6.45) is 0. The Morgan fingerprint density at radius 1 is 0.962 bits per heavy atom. The Hall–Kier alpha value is -3.12. The molecule has 0 N–H and O–H groups in total. The predicted octanol–water partition coefficient (Wildman–Crippen LogP) is 4.60. The first-order valence-corrected chi connectivity index (χ1v) is 8.78. The molecule has 0 saturated carbocycles. The molecule has 130 valence electrons. The summed E-state index contributed by atoms with van der Waals surface area (Å²) in [7, 11) is 3.20. The minimum atomic E-state index is -0.419. The Morgan fingerprint density at radius 3 is 2.42 bits per heavy atom. The van der Waals surface area contributed by atoms with E-state index >= 15 is 0 Å². The highest BCUT2D eigenvalue weighted by atomic mass is 32.1. The van der Waals surface area contributed by atoms with Crippen LogP contribution in [0.4, 0.5) is 0 Å². The third-order valence-corrected chi connectivity index (χ3v) is 4.95. The Morgan fingerprint density at radius 2 is 1.69 bits per heavy atom. The average molecular weight is 365 g/mol. The molecule has 0 bridgehead atoms. The first-order valence-electron chi connectivity index (χ1n) is 7.90. The smallest absolute Gasteiger partial charge is 0.345 e. The standard InChI is InChI=1S/C20H15NO4S/c1-23-14-6-3-12(4-7-14)19-21-17(11-26-19)16-9-13-5-8-15(24-2)10-18(13)25-20(16)22/h3-11H,1-2H3. The number of aromatic nitrogens is 1. The van der Waals surface area contributed by atoms with Gasteiger partial charge in [-0.1, -0.05) is 0 Å². The lowest BCUT2D eigenvalue weighted by Crippen LogP contribution is -2.03. The second kappa shape index (κ2) is 6.65. The van der Waals surface area contributed by atoms with Crippen LogP contribution < -0.4 is 15.1 Å². The van der Waals surface area contributed by atoms with Gasteiger partial charge in [0.1, 0.15) is 22.1 Å². The zero-order chi connectivity index (χ0) is 18.1. The van der Waals surface area contributed by atoms with Crippen molar-refractivity contribution in [2.24, 2.45) is 0 Å². The highest BCUT2D eigenvalue weighted by Gasteiger charge is 2.13. The molecule has 0 amide bonds. The van der Waals surface area contributed by atoms with E-state index in [1.165, 1.54) is 11.3 Å². The van der Waals surface area contributed by atoms with Gasteiger partial charge in [0.05, 0.1) is 25.5 Å². The lowest BCUT2D eigenvalue weighted by Gasteiger charge is -2.03. The van der Waals surface area contributed by atoms with Gasteiger partial charge in [-0.15, -0.1) is 11.3 Å². The summed E-state index contributed by atoms with van der Waals surface area (Å²) in [5.41, 5.74) is 2.09. The summed E-state index contributed by atoms with van der Waals surface area (Å²) >= 11 is 1.48. The van der Waals surface area contributed by atoms with Crippen LogP contribution in [0.3, 0.4) is 0 Å². The maximum atomic E-state index is 12.4. The lowest BCUT2D eigenvalue weighted by molar-refractivity contribution is 0.414. The maximum Gasteiger partial charge on any atom is 0.345 e. The molecule has 4 rings (SSSR count).